The maximum absolute atomic E-state index is 5.90. The summed E-state index contributed by atoms with van der Waals surface area (Å²) in [6.45, 7) is 2.86. The van der Waals surface area contributed by atoms with Crippen molar-refractivity contribution < 1.29 is 0 Å². The molecular formula is C14H13BrClN. The van der Waals surface area contributed by atoms with Gasteiger partial charge in [-0.1, -0.05) is 51.3 Å². The number of nitrogens with one attached hydrogen (secondary N) is 1. The van der Waals surface area contributed by atoms with E-state index >= 15 is 0 Å². The molecule has 0 spiro atoms. The summed E-state index contributed by atoms with van der Waals surface area (Å²) in [5.74, 6) is 0. The van der Waals surface area contributed by atoms with Gasteiger partial charge in [0.25, 0.3) is 0 Å². The van der Waals surface area contributed by atoms with Gasteiger partial charge in [0, 0.05) is 21.7 Å². The van der Waals surface area contributed by atoms with Crippen LogP contribution in [0.3, 0.4) is 0 Å². The molecule has 0 aromatic heterocycles. The average molecular weight is 311 g/mol. The van der Waals surface area contributed by atoms with Crippen LogP contribution in [-0.2, 0) is 6.54 Å². The van der Waals surface area contributed by atoms with Crippen LogP contribution < -0.4 is 5.32 Å². The van der Waals surface area contributed by atoms with Gasteiger partial charge >= 0.3 is 0 Å². The fraction of sp³-hybridized carbons (Fsp3) is 0.143. The van der Waals surface area contributed by atoms with Crippen LogP contribution in [0, 0.1) is 6.92 Å². The summed E-state index contributed by atoms with van der Waals surface area (Å²) in [7, 11) is 0. The van der Waals surface area contributed by atoms with Gasteiger partial charge in [-0.2, -0.15) is 0 Å². The van der Waals surface area contributed by atoms with Crippen molar-refractivity contribution in [2.24, 2.45) is 0 Å². The molecule has 0 saturated carbocycles. The van der Waals surface area contributed by atoms with Crippen molar-refractivity contribution in [2.75, 3.05) is 5.32 Å². The molecule has 1 nitrogen and oxygen atoms in total. The molecule has 0 amide bonds. The van der Waals surface area contributed by atoms with Crippen molar-refractivity contribution in [1.29, 1.82) is 0 Å². The van der Waals surface area contributed by atoms with E-state index in [0.717, 1.165) is 21.7 Å². The molecule has 0 atom stereocenters. The Morgan fingerprint density at radius 1 is 1.12 bits per heavy atom. The summed E-state index contributed by atoms with van der Waals surface area (Å²) in [4.78, 5) is 0. The predicted octanol–water partition coefficient (Wildman–Crippen LogP) is 5.02. The molecule has 0 saturated heterocycles. The lowest BCUT2D eigenvalue weighted by Gasteiger charge is -2.08. The van der Waals surface area contributed by atoms with E-state index in [1.54, 1.807) is 0 Å². The molecule has 0 bridgehead atoms. The highest BCUT2D eigenvalue weighted by atomic mass is 79.9. The number of hydrogen-bond acceptors (Lipinski definition) is 1. The molecule has 1 N–H and O–H groups in total. The van der Waals surface area contributed by atoms with Crippen LogP contribution in [0.5, 0.6) is 0 Å². The molecule has 0 aliphatic carbocycles. The second-order valence-corrected chi connectivity index (χ2v) is 5.25. The molecule has 2 rings (SSSR count). The van der Waals surface area contributed by atoms with Gasteiger partial charge in [-0.3, -0.25) is 0 Å². The molecule has 2 aromatic rings. The molecule has 0 aliphatic rings. The highest BCUT2D eigenvalue weighted by molar-refractivity contribution is 9.10. The van der Waals surface area contributed by atoms with Gasteiger partial charge in [-0.05, 0) is 36.8 Å². The van der Waals surface area contributed by atoms with Gasteiger partial charge in [0.15, 0.2) is 0 Å². The Balaban J connectivity index is 2.04. The number of anilines is 1. The summed E-state index contributed by atoms with van der Waals surface area (Å²) < 4.78 is 1.03. The summed E-state index contributed by atoms with van der Waals surface area (Å²) in [5.41, 5.74) is 3.58. The lowest BCUT2D eigenvalue weighted by molar-refractivity contribution is 1.14. The van der Waals surface area contributed by atoms with Crippen molar-refractivity contribution in [1.82, 2.24) is 0 Å². The minimum atomic E-state index is 0.746. The number of aryl methyl sites for hydroxylation is 1. The molecule has 0 unspecified atom stereocenters. The number of rotatable bonds is 3. The van der Waals surface area contributed by atoms with Crippen LogP contribution in [0.1, 0.15) is 11.1 Å². The van der Waals surface area contributed by atoms with Crippen LogP contribution in [-0.4, -0.2) is 0 Å². The molecular weight excluding hydrogens is 298 g/mol. The lowest BCUT2D eigenvalue weighted by atomic mass is 10.2. The Kier molecular flexibility index (Phi) is 4.08. The van der Waals surface area contributed by atoms with Crippen molar-refractivity contribution in [3.05, 3.63) is 63.1 Å². The first-order valence-corrected chi connectivity index (χ1v) is 6.57. The van der Waals surface area contributed by atoms with E-state index in [1.165, 1.54) is 11.1 Å². The van der Waals surface area contributed by atoms with Gasteiger partial charge < -0.3 is 5.32 Å². The maximum atomic E-state index is 5.90. The summed E-state index contributed by atoms with van der Waals surface area (Å²) in [6.07, 6.45) is 0. The van der Waals surface area contributed by atoms with Crippen molar-refractivity contribution in [3.8, 4) is 0 Å². The third-order valence-electron chi connectivity index (χ3n) is 2.55. The largest absolute Gasteiger partial charge is 0.381 e. The van der Waals surface area contributed by atoms with Crippen LogP contribution in [0.4, 0.5) is 5.69 Å². The molecule has 0 radical (unpaired) electrons. The Morgan fingerprint density at radius 3 is 2.47 bits per heavy atom. The first kappa shape index (κ1) is 12.5. The fourth-order valence-electron chi connectivity index (χ4n) is 1.53. The monoisotopic (exact) mass is 309 g/mol. The zero-order chi connectivity index (χ0) is 12.3. The van der Waals surface area contributed by atoms with Crippen molar-refractivity contribution >= 4 is 33.2 Å². The van der Waals surface area contributed by atoms with Crippen LogP contribution >= 0.6 is 27.5 Å². The number of hydrogen-bond donors (Lipinski definition) is 1. The van der Waals surface area contributed by atoms with Crippen LogP contribution in [0.15, 0.2) is 46.9 Å². The van der Waals surface area contributed by atoms with Gasteiger partial charge in [-0.15, -0.1) is 0 Å². The Labute approximate surface area is 115 Å². The molecule has 2 aromatic carbocycles. The standard InChI is InChI=1S/C14H13BrClN/c1-10-2-6-13(7-3-10)17-9-11-4-5-12(16)8-14(11)15/h2-8,17H,9H2,1H3. The van der Waals surface area contributed by atoms with Gasteiger partial charge in [0.2, 0.25) is 0 Å². The smallest absolute Gasteiger partial charge is 0.0417 e. The summed E-state index contributed by atoms with van der Waals surface area (Å²) in [6, 6.07) is 14.2. The zero-order valence-electron chi connectivity index (χ0n) is 9.50. The second-order valence-electron chi connectivity index (χ2n) is 3.96. The molecule has 0 aliphatic heterocycles. The van der Waals surface area contributed by atoms with Gasteiger partial charge in [-0.25, -0.2) is 0 Å². The Morgan fingerprint density at radius 2 is 1.82 bits per heavy atom. The third-order valence-corrected chi connectivity index (χ3v) is 3.52. The fourth-order valence-corrected chi connectivity index (χ4v) is 2.36. The third kappa shape index (κ3) is 3.48. The minimum Gasteiger partial charge on any atom is -0.381 e. The lowest BCUT2D eigenvalue weighted by Crippen LogP contribution is -1.99. The summed E-state index contributed by atoms with van der Waals surface area (Å²) in [5, 5.41) is 4.12. The topological polar surface area (TPSA) is 12.0 Å². The molecule has 3 heteroatoms. The number of benzene rings is 2. The SMILES string of the molecule is Cc1ccc(NCc2ccc(Cl)cc2Br)cc1. The van der Waals surface area contributed by atoms with Crippen molar-refractivity contribution in [3.63, 3.8) is 0 Å². The second kappa shape index (κ2) is 5.56. The van der Waals surface area contributed by atoms with Crippen molar-refractivity contribution in [2.45, 2.75) is 13.5 Å². The summed E-state index contributed by atoms with van der Waals surface area (Å²) >= 11 is 9.41. The normalized spacial score (nSPS) is 10.3. The number of halogens is 2. The first-order chi connectivity index (χ1) is 8.15. The van der Waals surface area contributed by atoms with Crippen LogP contribution in [0.2, 0.25) is 5.02 Å². The van der Waals surface area contributed by atoms with E-state index in [0.29, 0.717) is 0 Å². The highest BCUT2D eigenvalue weighted by Crippen LogP contribution is 2.22. The Bertz CT molecular complexity index is 508. The average Bonchev–Trinajstić information content (AvgIpc) is 2.30. The van der Waals surface area contributed by atoms with Gasteiger partial charge in [0.1, 0.15) is 0 Å². The minimum absolute atomic E-state index is 0.746. The van der Waals surface area contributed by atoms with Gasteiger partial charge in [0.05, 0.1) is 0 Å². The molecule has 17 heavy (non-hydrogen) atoms. The van der Waals surface area contributed by atoms with E-state index in [2.05, 4.69) is 52.4 Å². The molecule has 88 valence electrons. The maximum Gasteiger partial charge on any atom is 0.0417 e. The highest BCUT2D eigenvalue weighted by Gasteiger charge is 2.00. The first-order valence-electron chi connectivity index (χ1n) is 5.39. The quantitative estimate of drug-likeness (QED) is 0.839. The van der Waals surface area contributed by atoms with Crippen LogP contribution in [0.25, 0.3) is 0 Å². The predicted molar refractivity (Wildman–Crippen MR) is 77.7 cm³/mol. The molecule has 0 fully saturated rings. The van der Waals surface area contributed by atoms with E-state index in [-0.39, 0.29) is 0 Å². The van der Waals surface area contributed by atoms with E-state index < -0.39 is 0 Å². The Hall–Kier alpha value is -0.990. The van der Waals surface area contributed by atoms with E-state index in [9.17, 15) is 0 Å². The van der Waals surface area contributed by atoms with E-state index in [4.69, 9.17) is 11.6 Å². The van der Waals surface area contributed by atoms with E-state index in [1.807, 2.05) is 18.2 Å². The zero-order valence-corrected chi connectivity index (χ0v) is 11.8. The molecule has 0 heterocycles.